The number of hydrogen-bond acceptors (Lipinski definition) is 4. The normalized spacial score (nSPS) is 26.4. The second-order valence-electron chi connectivity index (χ2n) is 5.04. The average molecular weight is 285 g/mol. The fraction of sp³-hybridized carbons (Fsp3) is 0.750. The van der Waals surface area contributed by atoms with Crippen molar-refractivity contribution in [2.24, 2.45) is 0 Å². The molecule has 2 fully saturated rings. The van der Waals surface area contributed by atoms with Crippen LogP contribution in [0.3, 0.4) is 0 Å². The van der Waals surface area contributed by atoms with Gasteiger partial charge in [0.1, 0.15) is 0 Å². The zero-order valence-corrected chi connectivity index (χ0v) is 11.4. The molecule has 0 spiro atoms. The highest BCUT2D eigenvalue weighted by molar-refractivity contribution is 5.83. The molecule has 0 saturated carbocycles. The molecule has 8 heteroatoms. The van der Waals surface area contributed by atoms with Crippen LogP contribution in [0.25, 0.3) is 0 Å². The second kappa shape index (κ2) is 6.08. The zero-order chi connectivity index (χ0) is 14.7. The van der Waals surface area contributed by atoms with Crippen molar-refractivity contribution in [3.8, 4) is 0 Å². The highest BCUT2D eigenvalue weighted by Crippen LogP contribution is 2.16. The van der Waals surface area contributed by atoms with Crippen LogP contribution in [0.4, 0.5) is 4.79 Å². The molecule has 0 aromatic carbocycles. The van der Waals surface area contributed by atoms with Crippen molar-refractivity contribution in [1.82, 2.24) is 15.1 Å². The van der Waals surface area contributed by atoms with Gasteiger partial charge in [0.15, 0.2) is 6.04 Å². The van der Waals surface area contributed by atoms with Gasteiger partial charge in [-0.25, -0.2) is 9.59 Å². The van der Waals surface area contributed by atoms with E-state index in [0.717, 1.165) is 0 Å². The summed E-state index contributed by atoms with van der Waals surface area (Å²) in [5, 5.41) is 11.9. The van der Waals surface area contributed by atoms with Crippen molar-refractivity contribution in [1.29, 1.82) is 0 Å². The molecule has 2 aliphatic heterocycles. The number of nitrogens with zero attached hydrogens (tertiary/aromatic N) is 2. The van der Waals surface area contributed by atoms with Gasteiger partial charge in [-0.15, -0.1) is 0 Å². The maximum atomic E-state index is 12.4. The molecule has 0 aliphatic carbocycles. The molecule has 0 aromatic rings. The minimum absolute atomic E-state index is 0.0179. The van der Waals surface area contributed by atoms with Crippen LogP contribution < -0.4 is 5.32 Å². The van der Waals surface area contributed by atoms with Crippen LogP contribution >= 0.6 is 0 Å². The quantitative estimate of drug-likeness (QED) is 0.685. The van der Waals surface area contributed by atoms with E-state index in [0.29, 0.717) is 26.1 Å². The number of urea groups is 1. The van der Waals surface area contributed by atoms with Crippen LogP contribution in [0.2, 0.25) is 0 Å². The number of nitrogens with one attached hydrogen (secondary N) is 1. The molecule has 2 aliphatic rings. The van der Waals surface area contributed by atoms with Crippen molar-refractivity contribution in [2.45, 2.75) is 25.4 Å². The monoisotopic (exact) mass is 285 g/mol. The summed E-state index contributed by atoms with van der Waals surface area (Å²) in [6, 6.07) is -1.29. The third-order valence-corrected chi connectivity index (χ3v) is 3.53. The van der Waals surface area contributed by atoms with Crippen molar-refractivity contribution < 1.29 is 24.2 Å². The number of likely N-dealkylation sites (tertiary alicyclic amines) is 1. The van der Waals surface area contributed by atoms with E-state index in [2.05, 4.69) is 5.32 Å². The maximum Gasteiger partial charge on any atom is 0.328 e. The summed E-state index contributed by atoms with van der Waals surface area (Å²) in [5.74, 6) is -1.19. The highest BCUT2D eigenvalue weighted by Gasteiger charge is 2.37. The van der Waals surface area contributed by atoms with Crippen LogP contribution in [0, 0.1) is 0 Å². The lowest BCUT2D eigenvalue weighted by Gasteiger charge is -2.35. The van der Waals surface area contributed by atoms with Gasteiger partial charge in [0.2, 0.25) is 5.91 Å². The summed E-state index contributed by atoms with van der Waals surface area (Å²) in [6.07, 6.45) is 0.688. The Balaban J connectivity index is 1.96. The van der Waals surface area contributed by atoms with E-state index < -0.39 is 12.0 Å². The summed E-state index contributed by atoms with van der Waals surface area (Å²) in [5.41, 5.74) is 0. The van der Waals surface area contributed by atoms with E-state index in [1.165, 1.54) is 11.8 Å². The van der Waals surface area contributed by atoms with Gasteiger partial charge in [0.25, 0.3) is 0 Å². The van der Waals surface area contributed by atoms with E-state index in [1.54, 1.807) is 4.90 Å². The molecular weight excluding hydrogens is 266 g/mol. The Morgan fingerprint density at radius 2 is 2.05 bits per heavy atom. The van der Waals surface area contributed by atoms with Crippen LogP contribution in [-0.2, 0) is 14.3 Å². The predicted molar refractivity (Wildman–Crippen MR) is 68.1 cm³/mol. The first-order valence-electron chi connectivity index (χ1n) is 6.62. The van der Waals surface area contributed by atoms with Gasteiger partial charge >= 0.3 is 12.0 Å². The molecule has 8 nitrogen and oxygen atoms in total. The Bertz CT molecular complexity index is 414. The number of aliphatic carboxylic acids is 1. The summed E-state index contributed by atoms with van der Waals surface area (Å²) >= 11 is 0. The molecular formula is C12H19N3O5. The number of hydrogen-bond donors (Lipinski definition) is 2. The molecule has 2 unspecified atom stereocenters. The van der Waals surface area contributed by atoms with Crippen LogP contribution in [0.1, 0.15) is 13.3 Å². The van der Waals surface area contributed by atoms with Gasteiger partial charge in [0.05, 0.1) is 13.2 Å². The average Bonchev–Trinajstić information content (AvgIpc) is 2.85. The lowest BCUT2D eigenvalue weighted by Crippen LogP contribution is -2.56. The smallest absolute Gasteiger partial charge is 0.328 e. The molecule has 2 rings (SSSR count). The third kappa shape index (κ3) is 3.19. The van der Waals surface area contributed by atoms with Gasteiger partial charge in [-0.1, -0.05) is 0 Å². The summed E-state index contributed by atoms with van der Waals surface area (Å²) in [4.78, 5) is 37.4. The topological polar surface area (TPSA) is 99.2 Å². The minimum atomic E-state index is -1.06. The van der Waals surface area contributed by atoms with E-state index in [9.17, 15) is 14.4 Å². The summed E-state index contributed by atoms with van der Waals surface area (Å²) < 4.78 is 5.11. The molecule has 2 saturated heterocycles. The Morgan fingerprint density at radius 3 is 2.70 bits per heavy atom. The zero-order valence-electron chi connectivity index (χ0n) is 11.4. The number of carbonyl (C=O) groups excluding carboxylic acids is 2. The van der Waals surface area contributed by atoms with E-state index >= 15 is 0 Å². The Kier molecular flexibility index (Phi) is 4.43. The van der Waals surface area contributed by atoms with Gasteiger partial charge in [0, 0.05) is 32.6 Å². The maximum absolute atomic E-state index is 12.4. The minimum Gasteiger partial charge on any atom is -0.480 e. The number of rotatable bonds is 2. The molecule has 2 N–H and O–H groups in total. The lowest BCUT2D eigenvalue weighted by molar-refractivity contribution is -0.147. The number of amides is 3. The number of ether oxygens (including phenoxy) is 1. The predicted octanol–water partition coefficient (Wildman–Crippen LogP) is -0.898. The first-order chi connectivity index (χ1) is 9.49. The number of carboxylic acid groups (broad SMARTS) is 1. The van der Waals surface area contributed by atoms with E-state index in [-0.39, 0.29) is 31.1 Å². The molecule has 2 atom stereocenters. The highest BCUT2D eigenvalue weighted by atomic mass is 16.5. The molecule has 0 aromatic heterocycles. The first-order valence-corrected chi connectivity index (χ1v) is 6.62. The Hall–Kier alpha value is -1.83. The number of carbonyl (C=O) groups is 3. The number of morpholine rings is 1. The van der Waals surface area contributed by atoms with Crippen LogP contribution in [0.5, 0.6) is 0 Å². The van der Waals surface area contributed by atoms with E-state index in [1.807, 2.05) is 0 Å². The van der Waals surface area contributed by atoms with Gasteiger partial charge < -0.3 is 25.0 Å². The van der Waals surface area contributed by atoms with Crippen molar-refractivity contribution in [3.05, 3.63) is 0 Å². The summed E-state index contributed by atoms with van der Waals surface area (Å²) in [7, 11) is 0. The van der Waals surface area contributed by atoms with Gasteiger partial charge in [-0.05, 0) is 6.42 Å². The number of carboxylic acids is 1. The second-order valence-corrected chi connectivity index (χ2v) is 5.04. The molecule has 3 amide bonds. The SMILES string of the molecule is CC(=O)NC1CCN(C(=O)N2CCOCC2C(=O)O)C1. The molecule has 2 heterocycles. The fourth-order valence-corrected chi connectivity index (χ4v) is 2.56. The molecule has 0 bridgehead atoms. The van der Waals surface area contributed by atoms with Crippen molar-refractivity contribution in [2.75, 3.05) is 32.8 Å². The molecule has 20 heavy (non-hydrogen) atoms. The Labute approximate surface area is 116 Å². The van der Waals surface area contributed by atoms with Gasteiger partial charge in [-0.3, -0.25) is 4.79 Å². The molecule has 0 radical (unpaired) electrons. The third-order valence-electron chi connectivity index (χ3n) is 3.53. The van der Waals surface area contributed by atoms with Gasteiger partial charge in [-0.2, -0.15) is 0 Å². The largest absolute Gasteiger partial charge is 0.480 e. The Morgan fingerprint density at radius 1 is 1.30 bits per heavy atom. The van der Waals surface area contributed by atoms with Crippen LogP contribution in [0.15, 0.2) is 0 Å². The first kappa shape index (κ1) is 14.6. The fourth-order valence-electron chi connectivity index (χ4n) is 2.56. The van der Waals surface area contributed by atoms with E-state index in [4.69, 9.17) is 9.84 Å². The molecule has 112 valence electrons. The van der Waals surface area contributed by atoms with Crippen LogP contribution in [-0.4, -0.2) is 77.7 Å². The summed E-state index contributed by atoms with van der Waals surface area (Å²) in [6.45, 7) is 3.02. The van der Waals surface area contributed by atoms with Crippen molar-refractivity contribution >= 4 is 17.9 Å². The van der Waals surface area contributed by atoms with Crippen molar-refractivity contribution in [3.63, 3.8) is 0 Å². The standard InChI is InChI=1S/C12H19N3O5/c1-8(16)13-9-2-3-14(6-9)12(19)15-4-5-20-7-10(15)11(17)18/h9-10H,2-7H2,1H3,(H,13,16)(H,17,18). The lowest BCUT2D eigenvalue weighted by atomic mass is 10.2.